The molecule has 1 atom stereocenters. The summed E-state index contributed by atoms with van der Waals surface area (Å²) >= 11 is 1.46. The van der Waals surface area contributed by atoms with Crippen LogP contribution in [0.5, 0.6) is 5.75 Å². The molecular weight excluding hydrogens is 398 g/mol. The van der Waals surface area contributed by atoms with Crippen LogP contribution in [0, 0.1) is 0 Å². The van der Waals surface area contributed by atoms with E-state index in [1.54, 1.807) is 0 Å². The number of likely N-dealkylation sites (N-methyl/N-ethyl adjacent to an activating group) is 1. The van der Waals surface area contributed by atoms with Crippen LogP contribution in [0.1, 0.15) is 27.7 Å². The minimum Gasteiger partial charge on any atom is -0.490 e. The molecule has 30 heavy (non-hydrogen) atoms. The average Bonchev–Trinajstić information content (AvgIpc) is 2.73. The molecule has 0 aliphatic rings. The van der Waals surface area contributed by atoms with Crippen molar-refractivity contribution in [3.8, 4) is 5.75 Å². The number of carbonyl (C=O) groups excluding carboxylic acids is 2. The van der Waals surface area contributed by atoms with Gasteiger partial charge in [-0.2, -0.15) is 0 Å². The first kappa shape index (κ1) is 23.8. The van der Waals surface area contributed by atoms with Crippen molar-refractivity contribution < 1.29 is 14.3 Å². The highest BCUT2D eigenvalue weighted by atomic mass is 32.2. The first-order chi connectivity index (χ1) is 14.4. The number of benzene rings is 2. The van der Waals surface area contributed by atoms with Crippen LogP contribution < -0.4 is 15.4 Å². The van der Waals surface area contributed by atoms with Crippen LogP contribution in [-0.4, -0.2) is 48.2 Å². The largest absolute Gasteiger partial charge is 0.490 e. The third-order valence-electron chi connectivity index (χ3n) is 4.56. The summed E-state index contributed by atoms with van der Waals surface area (Å²) in [6.07, 6.45) is 0. The molecule has 6 nitrogen and oxygen atoms in total. The van der Waals surface area contributed by atoms with Gasteiger partial charge in [-0.15, -0.1) is 11.8 Å². The van der Waals surface area contributed by atoms with Crippen LogP contribution in [0.3, 0.4) is 0 Å². The minimum absolute atomic E-state index is 0.0919. The molecule has 2 aromatic rings. The molecule has 0 spiro atoms. The molecule has 2 N–H and O–H groups in total. The van der Waals surface area contributed by atoms with Gasteiger partial charge in [-0.05, 0) is 56.4 Å². The Bertz CT molecular complexity index is 823. The van der Waals surface area contributed by atoms with E-state index in [2.05, 4.69) is 29.4 Å². The monoisotopic (exact) mass is 429 g/mol. The highest BCUT2D eigenvalue weighted by molar-refractivity contribution is 8.00. The number of amides is 2. The summed E-state index contributed by atoms with van der Waals surface area (Å²) < 4.78 is 5.92. The van der Waals surface area contributed by atoms with Gasteiger partial charge in [-0.1, -0.05) is 26.0 Å². The Labute approximate surface area is 183 Å². The number of nitrogens with one attached hydrogen (secondary N) is 2. The van der Waals surface area contributed by atoms with E-state index < -0.39 is 0 Å². The summed E-state index contributed by atoms with van der Waals surface area (Å²) in [5, 5.41) is 5.42. The fourth-order valence-corrected chi connectivity index (χ4v) is 3.70. The zero-order valence-corrected chi connectivity index (χ0v) is 18.9. The van der Waals surface area contributed by atoms with E-state index in [0.717, 1.165) is 30.2 Å². The Balaban J connectivity index is 1.92. The Morgan fingerprint density at radius 2 is 1.70 bits per heavy atom. The summed E-state index contributed by atoms with van der Waals surface area (Å²) in [4.78, 5) is 27.1. The van der Waals surface area contributed by atoms with Gasteiger partial charge >= 0.3 is 0 Å². The number of rotatable bonds is 11. The molecule has 0 bridgehead atoms. The number of ether oxygens (including phenoxy) is 1. The van der Waals surface area contributed by atoms with Gasteiger partial charge in [-0.25, -0.2) is 0 Å². The lowest BCUT2D eigenvalue weighted by Crippen LogP contribution is -2.28. The van der Waals surface area contributed by atoms with E-state index in [4.69, 9.17) is 4.74 Å². The van der Waals surface area contributed by atoms with Gasteiger partial charge in [0.05, 0.1) is 10.9 Å². The Morgan fingerprint density at radius 3 is 2.33 bits per heavy atom. The molecule has 0 fully saturated rings. The zero-order chi connectivity index (χ0) is 21.9. The molecule has 1 unspecified atom stereocenters. The third kappa shape index (κ3) is 7.72. The van der Waals surface area contributed by atoms with Crippen molar-refractivity contribution in [2.45, 2.75) is 37.8 Å². The fourth-order valence-electron chi connectivity index (χ4n) is 2.83. The van der Waals surface area contributed by atoms with Crippen LogP contribution in [0.25, 0.3) is 0 Å². The lowest BCUT2D eigenvalue weighted by Gasteiger charge is -2.19. The quantitative estimate of drug-likeness (QED) is 0.515. The van der Waals surface area contributed by atoms with Crippen LogP contribution in [-0.2, 0) is 9.59 Å². The number of carbonyl (C=O) groups is 2. The second-order valence-corrected chi connectivity index (χ2v) is 8.24. The molecule has 2 amide bonds. The predicted octanol–water partition coefficient (Wildman–Crippen LogP) is 4.48. The first-order valence-electron chi connectivity index (χ1n) is 10.2. The summed E-state index contributed by atoms with van der Waals surface area (Å²) in [6.45, 7) is 11.0. The van der Waals surface area contributed by atoms with Crippen molar-refractivity contribution in [3.63, 3.8) is 0 Å². The predicted molar refractivity (Wildman–Crippen MR) is 124 cm³/mol. The van der Waals surface area contributed by atoms with E-state index >= 15 is 0 Å². The summed E-state index contributed by atoms with van der Waals surface area (Å²) in [6, 6.07) is 14.9. The van der Waals surface area contributed by atoms with E-state index in [9.17, 15) is 9.59 Å². The van der Waals surface area contributed by atoms with Gasteiger partial charge < -0.3 is 20.3 Å². The molecule has 0 aromatic heterocycles. The van der Waals surface area contributed by atoms with Crippen molar-refractivity contribution in [1.29, 1.82) is 0 Å². The molecule has 0 heterocycles. The van der Waals surface area contributed by atoms with Crippen molar-refractivity contribution >= 4 is 35.0 Å². The number of para-hydroxylation sites is 2. The molecular formula is C23H31N3O3S. The van der Waals surface area contributed by atoms with E-state index in [0.29, 0.717) is 18.0 Å². The van der Waals surface area contributed by atoms with E-state index in [1.807, 2.05) is 55.5 Å². The van der Waals surface area contributed by atoms with Crippen LogP contribution in [0.4, 0.5) is 11.4 Å². The van der Waals surface area contributed by atoms with Crippen molar-refractivity contribution in [1.82, 2.24) is 4.90 Å². The lowest BCUT2D eigenvalue weighted by molar-refractivity contribution is -0.115. The molecule has 2 rings (SSSR count). The Hall–Kier alpha value is -2.51. The molecule has 0 radical (unpaired) electrons. The molecule has 0 aliphatic carbocycles. The molecule has 2 aromatic carbocycles. The fraction of sp³-hybridized carbons (Fsp3) is 0.391. The smallest absolute Gasteiger partial charge is 0.237 e. The first-order valence-corrected chi connectivity index (χ1v) is 11.1. The van der Waals surface area contributed by atoms with Gasteiger partial charge in [0, 0.05) is 24.1 Å². The Morgan fingerprint density at radius 1 is 1.03 bits per heavy atom. The van der Waals surface area contributed by atoms with Gasteiger partial charge in [0.15, 0.2) is 0 Å². The molecule has 0 saturated carbocycles. The van der Waals surface area contributed by atoms with Gasteiger partial charge in [0.25, 0.3) is 0 Å². The van der Waals surface area contributed by atoms with Gasteiger partial charge in [0.2, 0.25) is 11.8 Å². The summed E-state index contributed by atoms with van der Waals surface area (Å²) in [5.74, 6) is 0.474. The number of thioether (sulfide) groups is 1. The van der Waals surface area contributed by atoms with Crippen LogP contribution in [0.15, 0.2) is 53.4 Å². The molecule has 7 heteroatoms. The second-order valence-electron chi connectivity index (χ2n) is 6.83. The number of hydrogen-bond donors (Lipinski definition) is 2. The SMILES string of the molecule is CCN(CC)CCOc1ccccc1NC(=O)C(C)Sc1ccc(NC(C)=O)cc1. The summed E-state index contributed by atoms with van der Waals surface area (Å²) in [7, 11) is 0. The van der Waals surface area contributed by atoms with Crippen molar-refractivity contribution in [2.24, 2.45) is 0 Å². The highest BCUT2D eigenvalue weighted by Gasteiger charge is 2.16. The van der Waals surface area contributed by atoms with E-state index in [1.165, 1.54) is 18.7 Å². The molecule has 162 valence electrons. The highest BCUT2D eigenvalue weighted by Crippen LogP contribution is 2.28. The maximum absolute atomic E-state index is 12.7. The number of hydrogen-bond acceptors (Lipinski definition) is 5. The van der Waals surface area contributed by atoms with Crippen molar-refractivity contribution in [2.75, 3.05) is 36.9 Å². The minimum atomic E-state index is -0.291. The molecule has 0 aliphatic heterocycles. The van der Waals surface area contributed by atoms with Gasteiger partial charge in [-0.3, -0.25) is 9.59 Å². The van der Waals surface area contributed by atoms with Crippen molar-refractivity contribution in [3.05, 3.63) is 48.5 Å². The topological polar surface area (TPSA) is 70.7 Å². The van der Waals surface area contributed by atoms with Crippen LogP contribution in [0.2, 0.25) is 0 Å². The molecule has 0 saturated heterocycles. The maximum Gasteiger partial charge on any atom is 0.237 e. The maximum atomic E-state index is 12.7. The Kier molecular flexibility index (Phi) is 9.70. The summed E-state index contributed by atoms with van der Waals surface area (Å²) in [5.41, 5.74) is 1.41. The number of nitrogens with zero attached hydrogens (tertiary/aromatic N) is 1. The van der Waals surface area contributed by atoms with Crippen LogP contribution >= 0.6 is 11.8 Å². The lowest BCUT2D eigenvalue weighted by atomic mass is 10.3. The second kappa shape index (κ2) is 12.2. The standard InChI is InChI=1S/C23H31N3O3S/c1-5-26(6-2)15-16-29-22-10-8-7-9-21(22)25-23(28)17(3)30-20-13-11-19(12-14-20)24-18(4)27/h7-14,17H,5-6,15-16H2,1-4H3,(H,24,27)(H,25,28). The third-order valence-corrected chi connectivity index (χ3v) is 5.67. The van der Waals surface area contributed by atoms with Gasteiger partial charge in [0.1, 0.15) is 12.4 Å². The van der Waals surface area contributed by atoms with E-state index in [-0.39, 0.29) is 17.1 Å². The zero-order valence-electron chi connectivity index (χ0n) is 18.1. The average molecular weight is 430 g/mol. The normalized spacial score (nSPS) is 11.8. The number of anilines is 2.